The second-order valence-electron chi connectivity index (χ2n) is 4.80. The van der Waals surface area contributed by atoms with Crippen molar-refractivity contribution in [1.82, 2.24) is 4.57 Å². The van der Waals surface area contributed by atoms with Gasteiger partial charge < -0.3 is 9.67 Å². The van der Waals surface area contributed by atoms with Crippen LogP contribution < -0.4 is 5.43 Å². The number of rotatable bonds is 2. The normalized spacial score (nSPS) is 10.7. The van der Waals surface area contributed by atoms with Crippen LogP contribution >= 0.6 is 0 Å². The van der Waals surface area contributed by atoms with Crippen LogP contribution in [0.2, 0.25) is 0 Å². The zero-order chi connectivity index (χ0) is 15.0. The first kappa shape index (κ1) is 13.1. The van der Waals surface area contributed by atoms with Crippen molar-refractivity contribution < 1.29 is 9.90 Å². The molecule has 104 valence electrons. The Morgan fingerprint density at radius 3 is 2.33 bits per heavy atom. The highest BCUT2D eigenvalue weighted by Crippen LogP contribution is 2.21. The van der Waals surface area contributed by atoms with Crippen molar-refractivity contribution in [2.24, 2.45) is 7.05 Å². The van der Waals surface area contributed by atoms with Crippen molar-refractivity contribution >= 4 is 16.7 Å². The molecule has 1 heterocycles. The van der Waals surface area contributed by atoms with Gasteiger partial charge in [-0.3, -0.25) is 9.59 Å². The van der Waals surface area contributed by atoms with Gasteiger partial charge in [-0.05, 0) is 12.1 Å². The average Bonchev–Trinajstić information content (AvgIpc) is 2.53. The maximum absolute atomic E-state index is 12.6. The van der Waals surface area contributed by atoms with Crippen LogP contribution in [-0.2, 0) is 7.05 Å². The third kappa shape index (κ3) is 2.01. The Hall–Kier alpha value is -2.88. The third-order valence-electron chi connectivity index (χ3n) is 3.54. The average molecular weight is 279 g/mol. The van der Waals surface area contributed by atoms with Gasteiger partial charge in [0.15, 0.2) is 5.75 Å². The summed E-state index contributed by atoms with van der Waals surface area (Å²) in [5.74, 6) is -0.886. The number of para-hydroxylation sites is 1. The summed E-state index contributed by atoms with van der Waals surface area (Å²) in [7, 11) is 1.66. The number of ketones is 1. The summed E-state index contributed by atoms with van der Waals surface area (Å²) < 4.78 is 1.56. The van der Waals surface area contributed by atoms with Crippen LogP contribution in [0.3, 0.4) is 0 Å². The first-order valence-electron chi connectivity index (χ1n) is 6.51. The molecule has 0 aliphatic rings. The molecule has 1 N–H and O–H groups in total. The molecule has 21 heavy (non-hydrogen) atoms. The van der Waals surface area contributed by atoms with E-state index >= 15 is 0 Å². The molecule has 0 atom stereocenters. The van der Waals surface area contributed by atoms with Gasteiger partial charge in [0, 0.05) is 18.0 Å². The van der Waals surface area contributed by atoms with Crippen molar-refractivity contribution in [2.75, 3.05) is 0 Å². The second-order valence-corrected chi connectivity index (χ2v) is 4.80. The highest BCUT2D eigenvalue weighted by molar-refractivity contribution is 6.10. The van der Waals surface area contributed by atoms with Gasteiger partial charge in [0.25, 0.3) is 0 Å². The van der Waals surface area contributed by atoms with Gasteiger partial charge in [-0.2, -0.15) is 0 Å². The molecule has 4 nitrogen and oxygen atoms in total. The maximum Gasteiger partial charge on any atom is 0.231 e. The number of aryl methyl sites for hydroxylation is 1. The molecule has 3 rings (SSSR count). The predicted octanol–water partition coefficient (Wildman–Crippen LogP) is 2.48. The highest BCUT2D eigenvalue weighted by Gasteiger charge is 2.21. The Balaban J connectivity index is 2.34. The number of carbonyl (C=O) groups excluding carboxylic acids is 1. The van der Waals surface area contributed by atoms with E-state index in [2.05, 4.69) is 0 Å². The number of aromatic nitrogens is 1. The number of aromatic hydroxyl groups is 1. The van der Waals surface area contributed by atoms with Crippen molar-refractivity contribution in [3.8, 4) is 5.75 Å². The quantitative estimate of drug-likeness (QED) is 0.733. The number of pyridine rings is 1. The number of fused-ring (bicyclic) bond motifs is 1. The second kappa shape index (κ2) is 4.90. The van der Waals surface area contributed by atoms with Gasteiger partial charge in [-0.1, -0.05) is 42.5 Å². The molecular formula is C17H13NO3. The summed E-state index contributed by atoms with van der Waals surface area (Å²) >= 11 is 0. The fourth-order valence-corrected chi connectivity index (χ4v) is 2.46. The molecular weight excluding hydrogens is 266 g/mol. The molecule has 0 amide bonds. The predicted molar refractivity (Wildman–Crippen MR) is 80.7 cm³/mol. The fourth-order valence-electron chi connectivity index (χ4n) is 2.46. The van der Waals surface area contributed by atoms with Gasteiger partial charge in [0.1, 0.15) is 5.69 Å². The van der Waals surface area contributed by atoms with E-state index in [1.807, 2.05) is 0 Å². The molecule has 0 fully saturated rings. The summed E-state index contributed by atoms with van der Waals surface area (Å²) in [4.78, 5) is 24.8. The SMILES string of the molecule is Cn1c(C(=O)c2ccccc2)c(O)c(=O)c2ccccc21. The van der Waals surface area contributed by atoms with E-state index < -0.39 is 11.2 Å². The molecule has 2 aromatic carbocycles. The van der Waals surface area contributed by atoms with E-state index in [1.165, 1.54) is 0 Å². The van der Waals surface area contributed by atoms with E-state index in [9.17, 15) is 14.7 Å². The largest absolute Gasteiger partial charge is 0.503 e. The zero-order valence-corrected chi connectivity index (χ0v) is 11.4. The molecule has 0 saturated carbocycles. The third-order valence-corrected chi connectivity index (χ3v) is 3.54. The maximum atomic E-state index is 12.6. The van der Waals surface area contributed by atoms with E-state index in [0.717, 1.165) is 0 Å². The molecule has 0 bridgehead atoms. The number of hydrogen-bond donors (Lipinski definition) is 1. The van der Waals surface area contributed by atoms with Crippen LogP contribution in [-0.4, -0.2) is 15.5 Å². The highest BCUT2D eigenvalue weighted by atomic mass is 16.3. The topological polar surface area (TPSA) is 59.3 Å². The summed E-state index contributed by atoms with van der Waals surface area (Å²) in [5, 5.41) is 10.5. The molecule has 0 radical (unpaired) electrons. The van der Waals surface area contributed by atoms with E-state index in [0.29, 0.717) is 16.5 Å². The Morgan fingerprint density at radius 2 is 1.62 bits per heavy atom. The lowest BCUT2D eigenvalue weighted by atomic mass is 10.0. The van der Waals surface area contributed by atoms with Gasteiger partial charge in [-0.15, -0.1) is 0 Å². The lowest BCUT2D eigenvalue weighted by Gasteiger charge is -2.13. The number of carbonyl (C=O) groups is 1. The van der Waals surface area contributed by atoms with E-state index in [1.54, 1.807) is 66.2 Å². The van der Waals surface area contributed by atoms with Gasteiger partial charge in [-0.25, -0.2) is 0 Å². The smallest absolute Gasteiger partial charge is 0.231 e. The molecule has 0 aliphatic carbocycles. The Morgan fingerprint density at radius 1 is 1.00 bits per heavy atom. The van der Waals surface area contributed by atoms with Gasteiger partial charge >= 0.3 is 0 Å². The first-order chi connectivity index (χ1) is 10.1. The number of benzene rings is 2. The zero-order valence-electron chi connectivity index (χ0n) is 11.4. The summed E-state index contributed by atoms with van der Waals surface area (Å²) in [5.41, 5.74) is 0.519. The van der Waals surface area contributed by atoms with Crippen molar-refractivity contribution in [2.45, 2.75) is 0 Å². The van der Waals surface area contributed by atoms with Crippen LogP contribution in [0.5, 0.6) is 5.75 Å². The molecule has 1 aromatic heterocycles. The standard InChI is InChI=1S/C17H13NO3/c1-18-13-10-6-5-9-12(13)16(20)17(21)14(18)15(19)11-7-3-2-4-8-11/h2-10,21H,1H3. The van der Waals surface area contributed by atoms with Crippen molar-refractivity contribution in [3.05, 3.63) is 76.1 Å². The van der Waals surface area contributed by atoms with Crippen LogP contribution in [0.1, 0.15) is 16.1 Å². The number of nitrogens with zero attached hydrogens (tertiary/aromatic N) is 1. The first-order valence-corrected chi connectivity index (χ1v) is 6.51. The lowest BCUT2D eigenvalue weighted by Crippen LogP contribution is -2.17. The van der Waals surface area contributed by atoms with E-state index in [-0.39, 0.29) is 11.5 Å². The van der Waals surface area contributed by atoms with Crippen LogP contribution in [0.25, 0.3) is 10.9 Å². The van der Waals surface area contributed by atoms with Gasteiger partial charge in [0.05, 0.1) is 5.52 Å². The van der Waals surface area contributed by atoms with Crippen molar-refractivity contribution in [3.63, 3.8) is 0 Å². The summed E-state index contributed by atoms with van der Waals surface area (Å²) in [6, 6.07) is 15.5. The Bertz CT molecular complexity index is 895. The van der Waals surface area contributed by atoms with Crippen molar-refractivity contribution in [1.29, 1.82) is 0 Å². The molecule has 4 heteroatoms. The summed E-state index contributed by atoms with van der Waals surface area (Å²) in [6.07, 6.45) is 0. The Kier molecular flexibility index (Phi) is 3.06. The molecule has 0 spiro atoms. The molecule has 0 unspecified atom stereocenters. The van der Waals surface area contributed by atoms with Crippen LogP contribution in [0, 0.1) is 0 Å². The van der Waals surface area contributed by atoms with E-state index in [4.69, 9.17) is 0 Å². The Labute approximate surface area is 120 Å². The minimum atomic E-state index is -0.525. The summed E-state index contributed by atoms with van der Waals surface area (Å²) in [6.45, 7) is 0. The molecule has 0 saturated heterocycles. The molecule has 3 aromatic rings. The van der Waals surface area contributed by atoms with Crippen LogP contribution in [0.15, 0.2) is 59.4 Å². The molecule has 0 aliphatic heterocycles. The van der Waals surface area contributed by atoms with Gasteiger partial charge in [0.2, 0.25) is 11.2 Å². The minimum absolute atomic E-state index is 0.00454. The minimum Gasteiger partial charge on any atom is -0.503 e. The lowest BCUT2D eigenvalue weighted by molar-refractivity contribution is 0.102. The monoisotopic (exact) mass is 279 g/mol. The van der Waals surface area contributed by atoms with Crippen LogP contribution in [0.4, 0.5) is 0 Å². The fraction of sp³-hybridized carbons (Fsp3) is 0.0588. The number of hydrogen-bond acceptors (Lipinski definition) is 3.